The predicted molar refractivity (Wildman–Crippen MR) is 340 cm³/mol. The molecule has 12 heteroatoms. The number of hydrogen-bond donors (Lipinski definition) is 0. The molecule has 10 heterocycles. The average Bonchev–Trinajstić information content (AvgIpc) is 2.64. The van der Waals surface area contributed by atoms with Gasteiger partial charge in [0.2, 0.25) is 0 Å². The van der Waals surface area contributed by atoms with Gasteiger partial charge in [0.1, 0.15) is 11.5 Å². The summed E-state index contributed by atoms with van der Waals surface area (Å²) in [6.07, 6.45) is 16.3. The first kappa shape index (κ1) is 54.9. The van der Waals surface area contributed by atoms with Crippen molar-refractivity contribution in [2.24, 2.45) is 0 Å². The van der Waals surface area contributed by atoms with Crippen LogP contribution in [0.5, 0.6) is 11.5 Å². The van der Waals surface area contributed by atoms with E-state index >= 15 is 0 Å². The number of nitrogens with zero attached hydrogens (tertiary/aromatic N) is 8. The van der Waals surface area contributed by atoms with Crippen molar-refractivity contribution in [1.82, 2.24) is 39.9 Å². The summed E-state index contributed by atoms with van der Waals surface area (Å²) in [5.74, 6) is 8.78. The minimum absolute atomic E-state index is 0. The maximum atomic E-state index is 5.75. The van der Waals surface area contributed by atoms with Crippen LogP contribution in [-0.4, -0.2) is 34.2 Å². The third kappa shape index (κ3) is 10.3. The second-order valence-corrected chi connectivity index (χ2v) is 20.4. The molecule has 86 heavy (non-hydrogen) atoms. The van der Waals surface area contributed by atoms with Gasteiger partial charge < -0.3 is 29.4 Å². The van der Waals surface area contributed by atoms with Crippen LogP contribution in [0.3, 0.4) is 0 Å². The Kier molecular flexibility index (Phi) is 14.9. The third-order valence-corrected chi connectivity index (χ3v) is 15.3. The second-order valence-electron chi connectivity index (χ2n) is 20.4. The number of methoxy groups -OCH3 is 2. The van der Waals surface area contributed by atoms with E-state index in [4.69, 9.17) is 49.3 Å². The molecule has 4 aliphatic rings. The molecule has 0 unspecified atom stereocenters. The van der Waals surface area contributed by atoms with E-state index in [1.54, 1.807) is 14.2 Å². The topological polar surface area (TPSA) is 126 Å². The molecule has 398 valence electrons. The zero-order chi connectivity index (χ0) is 56.1. The molecule has 10 nitrogen and oxygen atoms in total. The van der Waals surface area contributed by atoms with Crippen LogP contribution in [0.15, 0.2) is 194 Å². The zero-order valence-corrected chi connectivity index (χ0v) is 52.8. The van der Waals surface area contributed by atoms with E-state index in [0.717, 1.165) is 112 Å². The van der Waals surface area contributed by atoms with Crippen LogP contribution < -0.4 is 29.4 Å². The first-order valence-corrected chi connectivity index (χ1v) is 27.5. The summed E-state index contributed by atoms with van der Waals surface area (Å²) in [4.78, 5) is 43.1. The summed E-state index contributed by atoms with van der Waals surface area (Å²) in [5.41, 5.74) is 21.8. The first-order chi connectivity index (χ1) is 41.5. The molecule has 0 fully saturated rings. The number of benzene rings is 5. The molecule has 0 aliphatic carbocycles. The van der Waals surface area contributed by atoms with Crippen LogP contribution in [-0.2, 0) is 39.0 Å². The Morgan fingerprint density at radius 3 is 1.05 bits per heavy atom. The van der Waals surface area contributed by atoms with Crippen LogP contribution in [0.1, 0.15) is 56.7 Å². The van der Waals surface area contributed by atoms with Crippen molar-refractivity contribution in [1.29, 1.82) is 0 Å². The van der Waals surface area contributed by atoms with Crippen molar-refractivity contribution in [3.63, 3.8) is 0 Å². The van der Waals surface area contributed by atoms with Crippen molar-refractivity contribution < 1.29 is 48.4 Å². The Morgan fingerprint density at radius 1 is 0.291 bits per heavy atom. The molecule has 0 saturated carbocycles. The van der Waals surface area contributed by atoms with E-state index in [0.29, 0.717) is 56.3 Å². The van der Waals surface area contributed by atoms with Gasteiger partial charge in [0.05, 0.1) is 59.8 Å². The van der Waals surface area contributed by atoms with Crippen molar-refractivity contribution >= 4 is 92.7 Å². The molecule has 0 amide bonds. The molecule has 0 saturated heterocycles. The predicted octanol–water partition coefficient (Wildman–Crippen LogP) is 15.9. The van der Waals surface area contributed by atoms with Crippen molar-refractivity contribution in [3.8, 4) is 79.0 Å². The second kappa shape index (κ2) is 23.4. The molecule has 0 spiro atoms. The number of aromatic nitrogens is 8. The van der Waals surface area contributed by atoms with Gasteiger partial charge in [-0.15, -0.1) is 44.1 Å². The monoisotopic (exact) mass is 1210 g/mol. The smallest absolute Gasteiger partial charge is 0.657 e. The Hall–Kier alpha value is -10.3. The van der Waals surface area contributed by atoms with E-state index in [1.807, 2.05) is 158 Å². The van der Waals surface area contributed by atoms with Crippen LogP contribution >= 0.6 is 0 Å². The molecular formula is C74H46N8O2Zn2. The molecule has 6 aromatic heterocycles. The minimum Gasteiger partial charge on any atom is -0.657 e. The van der Waals surface area contributed by atoms with Crippen molar-refractivity contribution in [2.75, 3.05) is 14.2 Å². The van der Waals surface area contributed by atoms with Crippen LogP contribution in [0.2, 0.25) is 0 Å². The zero-order valence-electron chi connectivity index (χ0n) is 46.9. The molecule has 0 N–H and O–H groups in total. The SMILES string of the molecule is COc1cccc(-c2c3nc(c(C#Cc4c5nc(c(-c6ccccc6)c6ccc([n-]6)c(-c6ccccc6)c6nc(c(-c7ccccc7)c7ccc4[n-]7)C=C6)C=C5)c4ccc([n-]4)c(-c4cccc(OC)c4)c4nc(cc5ccc2[n-]5)C=C4)C=C3)c1.[Zn+2].[Zn+2]. The fourth-order valence-corrected chi connectivity index (χ4v) is 11.3. The van der Waals surface area contributed by atoms with Crippen molar-refractivity contribution in [3.05, 3.63) is 251 Å². The summed E-state index contributed by atoms with van der Waals surface area (Å²) in [6, 6.07) is 65.2. The molecule has 11 aromatic rings. The summed E-state index contributed by atoms with van der Waals surface area (Å²) < 4.78 is 11.5. The largest absolute Gasteiger partial charge is 2.00 e. The van der Waals surface area contributed by atoms with Gasteiger partial charge in [0.25, 0.3) is 0 Å². The summed E-state index contributed by atoms with van der Waals surface area (Å²) >= 11 is 0. The Balaban J connectivity index is 0.00000343. The quantitative estimate of drug-likeness (QED) is 0.112. The van der Waals surface area contributed by atoms with Gasteiger partial charge in [0.15, 0.2) is 0 Å². The van der Waals surface area contributed by atoms with E-state index in [-0.39, 0.29) is 39.0 Å². The third-order valence-electron chi connectivity index (χ3n) is 15.3. The summed E-state index contributed by atoms with van der Waals surface area (Å²) in [7, 11) is 3.34. The molecule has 5 aromatic carbocycles. The first-order valence-electron chi connectivity index (χ1n) is 27.5. The van der Waals surface area contributed by atoms with Gasteiger partial charge in [-0.2, -0.15) is 0 Å². The fraction of sp³-hybridized carbons (Fsp3) is 0.0270. The van der Waals surface area contributed by atoms with Gasteiger partial charge in [0, 0.05) is 11.1 Å². The number of hydrogen-bond acceptors (Lipinski definition) is 6. The molecule has 16 bridgehead atoms. The maximum Gasteiger partial charge on any atom is 2.00 e. The maximum absolute atomic E-state index is 5.75. The number of fused-ring (bicyclic) bond motifs is 16. The Morgan fingerprint density at radius 2 is 0.616 bits per heavy atom. The van der Waals surface area contributed by atoms with Gasteiger partial charge in [-0.25, -0.2) is 19.9 Å². The summed E-state index contributed by atoms with van der Waals surface area (Å²) in [6.45, 7) is 0. The number of ether oxygens (including phenoxy) is 2. The molecule has 15 rings (SSSR count). The van der Waals surface area contributed by atoms with E-state index in [2.05, 4.69) is 96.8 Å². The molecular weight excluding hydrogens is 1160 g/mol. The average molecular weight is 1210 g/mol. The van der Waals surface area contributed by atoms with Gasteiger partial charge >= 0.3 is 39.0 Å². The standard InChI is InChI=1S/C74H46N8O2.2Zn/c1-83-52-22-12-20-48(42-52)73-60-28-24-50(75-60)44-51-25-29-61(76-51)74(49-21-13-23-53(43-49)84-2)69-37-33-59(80-69)55(58-32-36-68(73)79-58)27-26-54-56-30-34-62(77-56)70(45-14-6-3-7-15-45)64-38-40-66(81-64)72(47-18-10-5-11-19-47)67-41-39-65(82-67)71(46-16-8-4-9-17-46)63-35-31-57(54)78-63;;/h3-25,28-44H,1-2H3;;/q-4;2*+2. The fourth-order valence-electron chi connectivity index (χ4n) is 11.3. The van der Waals surface area contributed by atoms with Crippen molar-refractivity contribution in [2.45, 2.75) is 0 Å². The Labute approximate surface area is 521 Å². The molecule has 4 aliphatic heterocycles. The van der Waals surface area contributed by atoms with E-state index < -0.39 is 0 Å². The normalized spacial score (nSPS) is 11.8. The molecule has 0 atom stereocenters. The minimum atomic E-state index is 0. The van der Waals surface area contributed by atoms with Crippen LogP contribution in [0, 0.1) is 11.8 Å². The number of rotatable bonds is 7. The van der Waals surface area contributed by atoms with E-state index in [9.17, 15) is 0 Å². The summed E-state index contributed by atoms with van der Waals surface area (Å²) in [5, 5.41) is 0. The molecule has 0 radical (unpaired) electrons. The van der Waals surface area contributed by atoms with Gasteiger partial charge in [-0.05, 0) is 129 Å². The van der Waals surface area contributed by atoms with Crippen LogP contribution in [0.4, 0.5) is 0 Å². The van der Waals surface area contributed by atoms with Gasteiger partial charge in [-0.3, -0.25) is 0 Å². The van der Waals surface area contributed by atoms with E-state index in [1.165, 1.54) is 0 Å². The Bertz CT molecular complexity index is 4980. The van der Waals surface area contributed by atoms with Crippen LogP contribution in [0.25, 0.3) is 148 Å². The van der Waals surface area contributed by atoms with Gasteiger partial charge in [-0.1, -0.05) is 182 Å².